The van der Waals surface area contributed by atoms with Gasteiger partial charge in [-0.25, -0.2) is 14.4 Å². The number of nitrogens with zero attached hydrogens (tertiary/aromatic N) is 5. The summed E-state index contributed by atoms with van der Waals surface area (Å²) in [6.45, 7) is -1.74. The molecule has 12 heteroatoms. The fourth-order valence-corrected chi connectivity index (χ4v) is 6.26. The van der Waals surface area contributed by atoms with Crippen molar-refractivity contribution in [2.75, 3.05) is 40.9 Å². The second-order valence-corrected chi connectivity index (χ2v) is 10.0. The fraction of sp³-hybridized carbons (Fsp3) is 0.550. The minimum atomic E-state index is -3.04. The van der Waals surface area contributed by atoms with Crippen LogP contribution in [0.15, 0.2) is 18.3 Å². The van der Waals surface area contributed by atoms with Gasteiger partial charge in [0.05, 0.1) is 24.8 Å². The molecule has 0 spiro atoms. The maximum absolute atomic E-state index is 13.9. The molecule has 8 nitrogen and oxygen atoms in total. The third-order valence-corrected chi connectivity index (χ3v) is 8.04. The van der Waals surface area contributed by atoms with E-state index in [0.29, 0.717) is 48.3 Å². The van der Waals surface area contributed by atoms with E-state index in [2.05, 4.69) is 19.6 Å². The number of hydrogen-bond donors (Lipinski definition) is 1. The van der Waals surface area contributed by atoms with Gasteiger partial charge in [0.2, 0.25) is 5.95 Å². The highest BCUT2D eigenvalue weighted by molar-refractivity contribution is 7.92. The maximum atomic E-state index is 13.9. The highest BCUT2D eigenvalue weighted by atomic mass is 32.2. The van der Waals surface area contributed by atoms with Gasteiger partial charge in [-0.05, 0) is 36.5 Å². The largest absolute Gasteiger partial charge is 0.616 e. The highest BCUT2D eigenvalue weighted by Gasteiger charge is 2.43. The summed E-state index contributed by atoms with van der Waals surface area (Å²) in [6.07, 6.45) is 2.72. The first-order valence-electron chi connectivity index (χ1n) is 10.5. The molecule has 2 N–H and O–H groups in total. The smallest absolute Gasteiger partial charge is 0.387 e. The Morgan fingerprint density at radius 1 is 1.19 bits per heavy atom. The van der Waals surface area contributed by atoms with Crippen molar-refractivity contribution in [3.8, 4) is 17.0 Å². The van der Waals surface area contributed by atoms with Crippen LogP contribution in [0.2, 0.25) is 0 Å². The lowest BCUT2D eigenvalue weighted by Crippen LogP contribution is -2.58. The number of alkyl halides is 3. The summed E-state index contributed by atoms with van der Waals surface area (Å²) in [4.78, 5) is 17.2. The van der Waals surface area contributed by atoms with Crippen molar-refractivity contribution >= 4 is 28.8 Å². The van der Waals surface area contributed by atoms with Crippen molar-refractivity contribution in [3.05, 3.63) is 18.3 Å². The molecule has 4 aliphatic heterocycles. The molecule has 2 bridgehead atoms. The van der Waals surface area contributed by atoms with Gasteiger partial charge >= 0.3 is 6.61 Å². The van der Waals surface area contributed by atoms with Crippen LogP contribution in [0.1, 0.15) is 19.3 Å². The predicted molar refractivity (Wildman–Crippen MR) is 115 cm³/mol. The second kappa shape index (κ2) is 8.47. The molecule has 32 heavy (non-hydrogen) atoms. The van der Waals surface area contributed by atoms with Crippen molar-refractivity contribution in [2.24, 2.45) is 0 Å². The SMILES string of the molecule is Nc1ncc(-c2cc(N3C[C@@H]4CC[C@H]3C[S+]4[O-])nc(N3CC[C@@H](F)C3)n2)cc1OC(F)F. The molecular weight excluding hydrogens is 445 g/mol. The second-order valence-electron chi connectivity index (χ2n) is 8.28. The molecule has 1 unspecified atom stereocenters. The number of ether oxygens (including phenoxy) is 1. The zero-order valence-corrected chi connectivity index (χ0v) is 18.0. The van der Waals surface area contributed by atoms with Gasteiger partial charge < -0.3 is 24.8 Å². The van der Waals surface area contributed by atoms with Gasteiger partial charge in [-0.1, -0.05) is 0 Å². The molecule has 0 aromatic carbocycles. The van der Waals surface area contributed by atoms with E-state index in [9.17, 15) is 17.7 Å². The summed E-state index contributed by atoms with van der Waals surface area (Å²) in [5.41, 5.74) is 6.55. The average Bonchev–Trinajstić information content (AvgIpc) is 3.21. The van der Waals surface area contributed by atoms with Crippen LogP contribution in [0.4, 0.5) is 30.8 Å². The summed E-state index contributed by atoms with van der Waals surface area (Å²) < 4.78 is 56.2. The Labute approximate surface area is 186 Å². The van der Waals surface area contributed by atoms with E-state index in [4.69, 9.17) is 10.7 Å². The van der Waals surface area contributed by atoms with Crippen molar-refractivity contribution in [2.45, 2.75) is 43.3 Å². The van der Waals surface area contributed by atoms with Gasteiger partial charge in [-0.3, -0.25) is 0 Å². The standard InChI is InChI=1S/C20H23F3N6O2S/c21-12-3-4-28(8-12)20-26-15(11-5-16(31-19(22)23)18(24)25-7-11)6-17(27-20)29-9-14-2-1-13(29)10-32(14)30/h5-7,12-14,19H,1-4,8-10H2,(H2,24,25)/t12-,13+,14+,32?/m1/s1. The average molecular weight is 469 g/mol. The zero-order chi connectivity index (χ0) is 22.4. The van der Waals surface area contributed by atoms with Gasteiger partial charge in [0.25, 0.3) is 0 Å². The van der Waals surface area contributed by atoms with Crippen molar-refractivity contribution in [3.63, 3.8) is 0 Å². The number of halogens is 3. The highest BCUT2D eigenvalue weighted by Crippen LogP contribution is 2.36. The third kappa shape index (κ3) is 4.13. The minimum absolute atomic E-state index is 0.0908. The first kappa shape index (κ1) is 21.4. The van der Waals surface area contributed by atoms with Crippen LogP contribution >= 0.6 is 0 Å². The van der Waals surface area contributed by atoms with Crippen LogP contribution in [0.25, 0.3) is 11.3 Å². The van der Waals surface area contributed by atoms with E-state index in [1.54, 1.807) is 11.0 Å². The van der Waals surface area contributed by atoms with E-state index in [-0.39, 0.29) is 29.4 Å². The lowest BCUT2D eigenvalue weighted by atomic mass is 10.0. The molecule has 4 fully saturated rings. The molecule has 2 aromatic rings. The number of nitrogens with two attached hydrogens (primary N) is 1. The van der Waals surface area contributed by atoms with Crippen molar-refractivity contribution in [1.82, 2.24) is 15.0 Å². The van der Waals surface area contributed by atoms with Gasteiger partial charge in [0.15, 0.2) is 11.6 Å². The van der Waals surface area contributed by atoms with Crippen molar-refractivity contribution < 1.29 is 22.5 Å². The van der Waals surface area contributed by atoms with Crippen LogP contribution in [-0.4, -0.2) is 69.0 Å². The molecule has 6 rings (SSSR count). The van der Waals surface area contributed by atoms with E-state index in [0.717, 1.165) is 12.8 Å². The quantitative estimate of drug-likeness (QED) is 0.668. The first-order chi connectivity index (χ1) is 15.4. The summed E-state index contributed by atoms with van der Waals surface area (Å²) in [7, 11) is 0. The van der Waals surface area contributed by atoms with Gasteiger partial charge in [-0.2, -0.15) is 13.8 Å². The topological polar surface area (TPSA) is 103 Å². The van der Waals surface area contributed by atoms with Crippen LogP contribution in [0, 0.1) is 0 Å². The molecule has 0 aliphatic carbocycles. The number of piperidine rings is 1. The van der Waals surface area contributed by atoms with Crippen LogP contribution in [-0.2, 0) is 11.2 Å². The third-order valence-electron chi connectivity index (χ3n) is 6.19. The lowest BCUT2D eigenvalue weighted by Gasteiger charge is -2.46. The Balaban J connectivity index is 1.55. The molecule has 4 aliphatic rings. The molecule has 4 atom stereocenters. The molecule has 0 amide bonds. The van der Waals surface area contributed by atoms with E-state index >= 15 is 0 Å². The van der Waals surface area contributed by atoms with E-state index in [1.165, 1.54) is 12.3 Å². The Hall–Kier alpha value is -2.47. The molecule has 6 heterocycles. The fourth-order valence-electron chi connectivity index (χ4n) is 4.53. The molecular formula is C20H23F3N6O2S. The van der Waals surface area contributed by atoms with E-state index < -0.39 is 24.0 Å². The van der Waals surface area contributed by atoms with Crippen LogP contribution in [0.5, 0.6) is 5.75 Å². The number of rotatable bonds is 5. The first-order valence-corrected chi connectivity index (χ1v) is 11.9. The normalized spacial score (nSPS) is 27.4. The number of anilines is 3. The van der Waals surface area contributed by atoms with Gasteiger partial charge in [0.1, 0.15) is 23.0 Å². The van der Waals surface area contributed by atoms with Crippen LogP contribution < -0.4 is 20.3 Å². The summed E-state index contributed by atoms with van der Waals surface area (Å²) in [5.74, 6) is 1.21. The Kier molecular flexibility index (Phi) is 5.66. The summed E-state index contributed by atoms with van der Waals surface area (Å²) in [5, 5.41) is 0.0908. The minimum Gasteiger partial charge on any atom is -0.616 e. The maximum Gasteiger partial charge on any atom is 0.387 e. The monoisotopic (exact) mass is 468 g/mol. The summed E-state index contributed by atoms with van der Waals surface area (Å²) >= 11 is -0.844. The Morgan fingerprint density at radius 3 is 2.69 bits per heavy atom. The molecule has 4 saturated heterocycles. The number of aromatic nitrogens is 3. The van der Waals surface area contributed by atoms with Crippen molar-refractivity contribution in [1.29, 1.82) is 0 Å². The van der Waals surface area contributed by atoms with Gasteiger partial charge in [0, 0.05) is 24.4 Å². The summed E-state index contributed by atoms with van der Waals surface area (Å²) in [6, 6.07) is 3.23. The molecule has 0 saturated carbocycles. The molecule has 172 valence electrons. The molecule has 0 radical (unpaired) electrons. The Bertz CT molecular complexity index is 1000. The van der Waals surface area contributed by atoms with E-state index in [1.807, 2.05) is 0 Å². The zero-order valence-electron chi connectivity index (χ0n) is 17.2. The molecule has 2 aromatic heterocycles. The van der Waals surface area contributed by atoms with Crippen LogP contribution in [0.3, 0.4) is 0 Å². The Morgan fingerprint density at radius 2 is 2.03 bits per heavy atom. The number of nitrogen functional groups attached to an aromatic ring is 1. The van der Waals surface area contributed by atoms with Gasteiger partial charge in [-0.15, -0.1) is 0 Å². The number of fused-ring (bicyclic) bond motifs is 3. The number of pyridine rings is 1. The number of hydrogen-bond acceptors (Lipinski definition) is 8. The predicted octanol–water partition coefficient (Wildman–Crippen LogP) is 2.37. The lowest BCUT2D eigenvalue weighted by molar-refractivity contribution is -0.0494.